The summed E-state index contributed by atoms with van der Waals surface area (Å²) in [6.45, 7) is 24.1. The van der Waals surface area contributed by atoms with Crippen molar-refractivity contribution in [3.63, 3.8) is 0 Å². The van der Waals surface area contributed by atoms with Crippen LogP contribution in [-0.2, 0) is 0 Å². The van der Waals surface area contributed by atoms with Gasteiger partial charge in [-0.15, -0.1) is 0 Å². The lowest BCUT2D eigenvalue weighted by molar-refractivity contribution is 1.10. The highest BCUT2D eigenvalue weighted by Crippen LogP contribution is 2.45. The summed E-state index contributed by atoms with van der Waals surface area (Å²) in [5.41, 5.74) is 13.0. The summed E-state index contributed by atoms with van der Waals surface area (Å²) in [4.78, 5) is 16.0. The fourth-order valence-electron chi connectivity index (χ4n) is 8.21. The monoisotopic (exact) mass is 712 g/mol. The Bertz CT molecular complexity index is 3350. The van der Waals surface area contributed by atoms with Crippen LogP contribution in [0.2, 0.25) is 0 Å². The quantitative estimate of drug-likeness (QED) is 0.164. The molecule has 0 amide bonds. The molecule has 0 bridgehead atoms. The Kier molecular flexibility index (Phi) is 7.53. The van der Waals surface area contributed by atoms with Gasteiger partial charge in [0.25, 0.3) is 0 Å². The first kappa shape index (κ1) is 32.4. The smallest absolute Gasteiger partial charge is 0.197 e. The largest absolute Gasteiger partial charge is 0.308 e. The minimum absolute atomic E-state index is 0.530. The van der Waals surface area contributed by atoms with Gasteiger partial charge in [0, 0.05) is 33.9 Å². The van der Waals surface area contributed by atoms with Gasteiger partial charge >= 0.3 is 0 Å². The second-order valence-corrected chi connectivity index (χ2v) is 13.6. The topological polar surface area (TPSA) is 35.8 Å². The molecule has 258 valence electrons. The van der Waals surface area contributed by atoms with Crippen LogP contribution in [0.4, 0.5) is 17.1 Å². The number of nitrogens with zero attached hydrogens (tertiary/aromatic N) is 6. The SMILES string of the molecule is [C-]#[N+]c1ccccc1-c1ccc2c(c1)c1ccccc1n2-c1cc([N+]#[C-])c(-c2ccncc2)cc1-n1c2ccccc2c2cc(-c3ccccc3[N+]#[C-])ccc21. The average molecular weight is 713 g/mol. The molecule has 7 aromatic carbocycles. The molecule has 0 saturated carbocycles. The van der Waals surface area contributed by atoms with Crippen LogP contribution in [0.15, 0.2) is 170 Å². The normalized spacial score (nSPS) is 11.2. The maximum absolute atomic E-state index is 8.44. The molecule has 0 aliphatic heterocycles. The number of pyridine rings is 1. The van der Waals surface area contributed by atoms with Crippen molar-refractivity contribution in [3.05, 3.63) is 204 Å². The van der Waals surface area contributed by atoms with Gasteiger partial charge in [-0.05, 0) is 94.0 Å². The molecule has 6 heteroatoms. The van der Waals surface area contributed by atoms with Gasteiger partial charge in [-0.1, -0.05) is 97.1 Å². The Morgan fingerprint density at radius 2 is 0.804 bits per heavy atom. The van der Waals surface area contributed by atoms with Crippen LogP contribution >= 0.6 is 0 Å². The fraction of sp³-hybridized carbons (Fsp3) is 0. The Balaban J connectivity index is 1.32. The molecule has 6 nitrogen and oxygen atoms in total. The van der Waals surface area contributed by atoms with Gasteiger partial charge in [0.05, 0.1) is 53.2 Å². The number of para-hydroxylation sites is 4. The van der Waals surface area contributed by atoms with Crippen molar-refractivity contribution >= 4 is 60.7 Å². The maximum atomic E-state index is 8.44. The number of fused-ring (bicyclic) bond motifs is 6. The van der Waals surface area contributed by atoms with Gasteiger partial charge in [0.2, 0.25) is 0 Å². The molecular formula is C50H28N6. The van der Waals surface area contributed by atoms with Crippen molar-refractivity contribution in [2.45, 2.75) is 0 Å². The van der Waals surface area contributed by atoms with E-state index in [9.17, 15) is 0 Å². The zero-order chi connectivity index (χ0) is 37.8. The Morgan fingerprint density at radius 1 is 0.357 bits per heavy atom. The van der Waals surface area contributed by atoms with Crippen LogP contribution in [0.1, 0.15) is 0 Å². The first-order valence-corrected chi connectivity index (χ1v) is 18.1. The molecule has 0 aliphatic carbocycles. The third kappa shape index (κ3) is 4.97. The third-order valence-corrected chi connectivity index (χ3v) is 10.7. The Hall–Kier alpha value is -8.24. The van der Waals surface area contributed by atoms with E-state index in [2.05, 4.69) is 120 Å². The predicted octanol–water partition coefficient (Wildman–Crippen LogP) is 13.9. The second-order valence-electron chi connectivity index (χ2n) is 13.6. The van der Waals surface area contributed by atoms with Crippen LogP contribution in [0, 0.1) is 19.7 Å². The van der Waals surface area contributed by atoms with Gasteiger partial charge in [0.1, 0.15) is 0 Å². The summed E-state index contributed by atoms with van der Waals surface area (Å²) >= 11 is 0. The summed E-state index contributed by atoms with van der Waals surface area (Å²) in [7, 11) is 0. The van der Waals surface area contributed by atoms with E-state index in [4.69, 9.17) is 19.7 Å². The summed E-state index contributed by atoms with van der Waals surface area (Å²) in [5, 5.41) is 4.27. The zero-order valence-corrected chi connectivity index (χ0v) is 29.8. The van der Waals surface area contributed by atoms with Crippen molar-refractivity contribution in [2.24, 2.45) is 0 Å². The van der Waals surface area contributed by atoms with Crippen molar-refractivity contribution in [1.82, 2.24) is 14.1 Å². The van der Waals surface area contributed by atoms with Gasteiger partial charge < -0.3 is 9.13 Å². The summed E-state index contributed by atoms with van der Waals surface area (Å²) in [5.74, 6) is 0. The third-order valence-electron chi connectivity index (χ3n) is 10.7. The molecule has 0 unspecified atom stereocenters. The van der Waals surface area contributed by atoms with Gasteiger partial charge in [0.15, 0.2) is 17.1 Å². The lowest BCUT2D eigenvalue weighted by atomic mass is 10.0. The number of rotatable bonds is 5. The standard InChI is InChI=1S/C50H28N6/c1-51-42-16-8-4-12-35(42)33-20-22-47-40(28-33)37-14-6-10-18-45(37)55(47)49-30-39(32-24-26-54-27-25-32)44(53-3)31-50(49)56-46-19-11-7-15-38(46)41-29-34(21-23-48(41)56)36-13-5-9-17-43(36)52-2/h4-31H. The van der Waals surface area contributed by atoms with Crippen LogP contribution in [0.25, 0.3) is 103 Å². The molecule has 0 saturated heterocycles. The average Bonchev–Trinajstić information content (AvgIpc) is 3.78. The maximum Gasteiger partial charge on any atom is 0.197 e. The first-order valence-electron chi connectivity index (χ1n) is 18.1. The highest BCUT2D eigenvalue weighted by molar-refractivity contribution is 6.13. The van der Waals surface area contributed by atoms with E-state index in [0.717, 1.165) is 88.4 Å². The van der Waals surface area contributed by atoms with Crippen LogP contribution < -0.4 is 0 Å². The van der Waals surface area contributed by atoms with Gasteiger partial charge in [-0.2, -0.15) is 0 Å². The molecule has 0 spiro atoms. The molecule has 3 aromatic heterocycles. The highest BCUT2D eigenvalue weighted by Gasteiger charge is 2.23. The molecule has 0 fully saturated rings. The van der Waals surface area contributed by atoms with Gasteiger partial charge in [-0.3, -0.25) is 4.98 Å². The number of aromatic nitrogens is 3. The molecular weight excluding hydrogens is 685 g/mol. The number of hydrogen-bond acceptors (Lipinski definition) is 1. The van der Waals surface area contributed by atoms with E-state index >= 15 is 0 Å². The lowest BCUT2D eigenvalue weighted by Crippen LogP contribution is -2.04. The van der Waals surface area contributed by atoms with Gasteiger partial charge in [-0.25, -0.2) is 14.5 Å². The minimum atomic E-state index is 0.530. The molecule has 10 rings (SSSR count). The second kappa shape index (κ2) is 13.0. The Morgan fingerprint density at radius 3 is 1.32 bits per heavy atom. The minimum Gasteiger partial charge on any atom is -0.308 e. The molecule has 0 aliphatic rings. The molecule has 0 radical (unpaired) electrons. The lowest BCUT2D eigenvalue weighted by Gasteiger charge is -2.20. The summed E-state index contributed by atoms with van der Waals surface area (Å²) in [6, 6.07) is 53.2. The number of hydrogen-bond donors (Lipinski definition) is 0. The predicted molar refractivity (Wildman–Crippen MR) is 228 cm³/mol. The molecule has 3 heterocycles. The Labute approximate surface area is 322 Å². The molecule has 0 atom stereocenters. The summed E-state index contributed by atoms with van der Waals surface area (Å²) < 4.78 is 4.58. The van der Waals surface area contributed by atoms with E-state index in [1.165, 1.54) is 0 Å². The molecule has 0 N–H and O–H groups in total. The zero-order valence-electron chi connectivity index (χ0n) is 29.8. The van der Waals surface area contributed by atoms with E-state index in [0.29, 0.717) is 17.1 Å². The van der Waals surface area contributed by atoms with Crippen molar-refractivity contribution in [2.75, 3.05) is 0 Å². The summed E-state index contributed by atoms with van der Waals surface area (Å²) in [6.07, 6.45) is 3.52. The van der Waals surface area contributed by atoms with Crippen LogP contribution in [0.3, 0.4) is 0 Å². The molecule has 56 heavy (non-hydrogen) atoms. The van der Waals surface area contributed by atoms with E-state index < -0.39 is 0 Å². The van der Waals surface area contributed by atoms with Crippen molar-refractivity contribution < 1.29 is 0 Å². The fourth-order valence-corrected chi connectivity index (χ4v) is 8.21. The van der Waals surface area contributed by atoms with E-state index in [1.54, 1.807) is 12.4 Å². The van der Waals surface area contributed by atoms with Crippen LogP contribution in [0.5, 0.6) is 0 Å². The van der Waals surface area contributed by atoms with E-state index in [-0.39, 0.29) is 0 Å². The van der Waals surface area contributed by atoms with Crippen molar-refractivity contribution in [3.8, 4) is 44.8 Å². The van der Waals surface area contributed by atoms with Crippen molar-refractivity contribution in [1.29, 1.82) is 0 Å². The first-order chi connectivity index (χ1) is 27.7. The molecule has 10 aromatic rings. The van der Waals surface area contributed by atoms with Crippen LogP contribution in [-0.4, -0.2) is 14.1 Å². The number of benzene rings is 7. The van der Waals surface area contributed by atoms with E-state index in [1.807, 2.05) is 66.7 Å². The highest BCUT2D eigenvalue weighted by atomic mass is 15.1.